The third kappa shape index (κ3) is 5.20. The van der Waals surface area contributed by atoms with E-state index in [0.717, 1.165) is 31.3 Å². The summed E-state index contributed by atoms with van der Waals surface area (Å²) in [6.45, 7) is 5.90. The van der Waals surface area contributed by atoms with E-state index in [9.17, 15) is 5.11 Å². The SMILES string of the molecule is C[NH+]1CC[NH+](C[C@H](O)COc2ccc(C3CCCCC3)cc2)CC1. The predicted molar refractivity (Wildman–Crippen MR) is 96.0 cm³/mol. The van der Waals surface area contributed by atoms with Crippen molar-refractivity contribution in [1.82, 2.24) is 0 Å². The molecule has 0 bridgehead atoms. The lowest BCUT2D eigenvalue weighted by atomic mass is 9.84. The summed E-state index contributed by atoms with van der Waals surface area (Å²) in [6.07, 6.45) is 6.40. The number of aliphatic hydroxyl groups excluding tert-OH is 1. The number of piperazine rings is 1. The monoisotopic (exact) mass is 334 g/mol. The summed E-state index contributed by atoms with van der Waals surface area (Å²) in [5.41, 5.74) is 1.45. The lowest BCUT2D eigenvalue weighted by molar-refractivity contribution is -1.00. The van der Waals surface area contributed by atoms with Crippen LogP contribution in [0.3, 0.4) is 0 Å². The van der Waals surface area contributed by atoms with E-state index in [2.05, 4.69) is 31.3 Å². The molecule has 4 nitrogen and oxygen atoms in total. The Morgan fingerprint density at radius 2 is 1.71 bits per heavy atom. The van der Waals surface area contributed by atoms with Crippen molar-refractivity contribution in [2.24, 2.45) is 0 Å². The van der Waals surface area contributed by atoms with Crippen LogP contribution in [0.15, 0.2) is 24.3 Å². The molecule has 0 spiro atoms. The highest BCUT2D eigenvalue weighted by molar-refractivity contribution is 5.29. The summed E-state index contributed by atoms with van der Waals surface area (Å²) in [5.74, 6) is 1.62. The number of nitrogens with one attached hydrogen (secondary N) is 2. The van der Waals surface area contributed by atoms with Crippen LogP contribution < -0.4 is 14.5 Å². The molecular weight excluding hydrogens is 300 g/mol. The fourth-order valence-corrected chi connectivity index (χ4v) is 4.09. The summed E-state index contributed by atoms with van der Waals surface area (Å²) in [5, 5.41) is 10.2. The molecule has 2 aliphatic rings. The van der Waals surface area contributed by atoms with Crippen molar-refractivity contribution in [2.75, 3.05) is 46.4 Å². The topological polar surface area (TPSA) is 38.3 Å². The lowest BCUT2D eigenvalue weighted by Gasteiger charge is -2.28. The average molecular weight is 335 g/mol. The van der Waals surface area contributed by atoms with Gasteiger partial charge in [0.05, 0.1) is 7.05 Å². The maximum Gasteiger partial charge on any atom is 0.137 e. The molecule has 1 aliphatic carbocycles. The minimum absolute atomic E-state index is 0.378. The number of benzene rings is 1. The predicted octanol–water partition coefficient (Wildman–Crippen LogP) is -0.113. The van der Waals surface area contributed by atoms with Gasteiger partial charge in [-0.2, -0.15) is 0 Å². The van der Waals surface area contributed by atoms with Gasteiger partial charge in [-0.3, -0.25) is 0 Å². The summed E-state index contributed by atoms with van der Waals surface area (Å²) >= 11 is 0. The molecule has 3 rings (SSSR count). The molecule has 1 saturated heterocycles. The Morgan fingerprint density at radius 1 is 1.04 bits per heavy atom. The highest BCUT2D eigenvalue weighted by Crippen LogP contribution is 2.33. The van der Waals surface area contributed by atoms with Gasteiger partial charge in [0.1, 0.15) is 51.2 Å². The van der Waals surface area contributed by atoms with Gasteiger partial charge < -0.3 is 19.6 Å². The Morgan fingerprint density at radius 3 is 2.38 bits per heavy atom. The standard InChI is InChI=1S/C20H32N2O2/c1-21-11-13-22(14-12-21)15-19(23)16-24-20-9-7-18(8-10-20)17-5-3-2-4-6-17/h7-10,17,19,23H,2-6,11-16H2,1H3/p+2/t19-/m0/s1. The Kier molecular flexibility index (Phi) is 6.52. The van der Waals surface area contributed by atoms with Crippen LogP contribution >= 0.6 is 0 Å². The molecular formula is C20H34N2O2+2. The number of rotatable bonds is 6. The van der Waals surface area contributed by atoms with Crippen LogP contribution in [0.5, 0.6) is 5.75 Å². The first-order chi connectivity index (χ1) is 11.7. The van der Waals surface area contributed by atoms with Crippen LogP contribution in [0, 0.1) is 0 Å². The molecule has 1 aliphatic heterocycles. The van der Waals surface area contributed by atoms with Crippen LogP contribution in [0.1, 0.15) is 43.6 Å². The van der Waals surface area contributed by atoms with E-state index >= 15 is 0 Å². The van der Waals surface area contributed by atoms with Crippen LogP contribution in [0.4, 0.5) is 0 Å². The minimum Gasteiger partial charge on any atom is -0.491 e. The second-order valence-corrected chi connectivity index (χ2v) is 7.78. The highest BCUT2D eigenvalue weighted by atomic mass is 16.5. The molecule has 1 heterocycles. The summed E-state index contributed by atoms with van der Waals surface area (Å²) in [7, 11) is 2.24. The van der Waals surface area contributed by atoms with Gasteiger partial charge in [0, 0.05) is 0 Å². The zero-order valence-corrected chi connectivity index (χ0v) is 15.1. The summed E-state index contributed by atoms with van der Waals surface area (Å²) in [6, 6.07) is 8.57. The molecule has 0 radical (unpaired) electrons. The first-order valence-corrected chi connectivity index (χ1v) is 9.76. The lowest BCUT2D eigenvalue weighted by Crippen LogP contribution is -3.27. The third-order valence-electron chi connectivity index (χ3n) is 5.73. The smallest absolute Gasteiger partial charge is 0.137 e. The van der Waals surface area contributed by atoms with Crippen LogP contribution in [-0.4, -0.2) is 57.6 Å². The first kappa shape index (κ1) is 17.7. The average Bonchev–Trinajstić information content (AvgIpc) is 2.63. The summed E-state index contributed by atoms with van der Waals surface area (Å²) in [4.78, 5) is 3.10. The van der Waals surface area contributed by atoms with Crippen LogP contribution in [0.2, 0.25) is 0 Å². The van der Waals surface area contributed by atoms with Gasteiger partial charge in [-0.05, 0) is 36.5 Å². The highest BCUT2D eigenvalue weighted by Gasteiger charge is 2.22. The Labute approximate surface area is 146 Å². The van der Waals surface area contributed by atoms with Crippen molar-refractivity contribution in [1.29, 1.82) is 0 Å². The van der Waals surface area contributed by atoms with Crippen molar-refractivity contribution in [3.63, 3.8) is 0 Å². The second-order valence-electron chi connectivity index (χ2n) is 7.78. The number of quaternary nitrogens is 2. The van der Waals surface area contributed by atoms with Crippen molar-refractivity contribution in [2.45, 2.75) is 44.1 Å². The molecule has 0 amide bonds. The van der Waals surface area contributed by atoms with E-state index in [0.29, 0.717) is 6.61 Å². The molecule has 1 aromatic rings. The van der Waals surface area contributed by atoms with Gasteiger partial charge in [-0.15, -0.1) is 0 Å². The maximum absolute atomic E-state index is 10.2. The number of hydrogen-bond acceptors (Lipinski definition) is 2. The molecule has 24 heavy (non-hydrogen) atoms. The normalized spacial score (nSPS) is 26.9. The van der Waals surface area contributed by atoms with Gasteiger partial charge >= 0.3 is 0 Å². The zero-order chi connectivity index (χ0) is 16.8. The molecule has 0 aromatic heterocycles. The molecule has 4 heteroatoms. The van der Waals surface area contributed by atoms with Crippen LogP contribution in [-0.2, 0) is 0 Å². The molecule has 1 atom stereocenters. The largest absolute Gasteiger partial charge is 0.491 e. The maximum atomic E-state index is 10.2. The van der Waals surface area contributed by atoms with E-state index in [4.69, 9.17) is 4.74 Å². The second kappa shape index (κ2) is 8.84. The molecule has 0 unspecified atom stereocenters. The molecule has 3 N–H and O–H groups in total. The van der Waals surface area contributed by atoms with Gasteiger partial charge in [0.2, 0.25) is 0 Å². The van der Waals surface area contributed by atoms with Crippen LogP contribution in [0.25, 0.3) is 0 Å². The van der Waals surface area contributed by atoms with E-state index in [1.54, 1.807) is 4.90 Å². The molecule has 134 valence electrons. The fourth-order valence-electron chi connectivity index (χ4n) is 4.09. The van der Waals surface area contributed by atoms with Gasteiger partial charge in [0.15, 0.2) is 0 Å². The molecule has 2 fully saturated rings. The number of hydrogen-bond donors (Lipinski definition) is 3. The van der Waals surface area contributed by atoms with E-state index in [1.807, 2.05) is 0 Å². The van der Waals surface area contributed by atoms with Crippen molar-refractivity contribution in [3.8, 4) is 5.75 Å². The number of likely N-dealkylation sites (N-methyl/N-ethyl adjacent to an activating group) is 1. The molecule has 1 saturated carbocycles. The van der Waals surface area contributed by atoms with Gasteiger partial charge in [-0.1, -0.05) is 31.4 Å². The van der Waals surface area contributed by atoms with E-state index in [1.165, 1.54) is 55.7 Å². The Bertz CT molecular complexity index is 477. The minimum atomic E-state index is -0.378. The first-order valence-electron chi connectivity index (χ1n) is 9.76. The zero-order valence-electron chi connectivity index (χ0n) is 15.1. The quantitative estimate of drug-likeness (QED) is 0.679. The third-order valence-corrected chi connectivity index (χ3v) is 5.73. The molecule has 1 aromatic carbocycles. The van der Waals surface area contributed by atoms with Gasteiger partial charge in [-0.25, -0.2) is 0 Å². The Hall–Kier alpha value is -1.10. The fraction of sp³-hybridized carbons (Fsp3) is 0.700. The van der Waals surface area contributed by atoms with Crippen molar-refractivity contribution >= 4 is 0 Å². The Balaban J connectivity index is 1.41. The van der Waals surface area contributed by atoms with E-state index in [-0.39, 0.29) is 6.10 Å². The number of aliphatic hydroxyl groups is 1. The van der Waals surface area contributed by atoms with E-state index < -0.39 is 0 Å². The summed E-state index contributed by atoms with van der Waals surface area (Å²) < 4.78 is 5.80. The van der Waals surface area contributed by atoms with Crippen molar-refractivity contribution < 1.29 is 19.6 Å². The van der Waals surface area contributed by atoms with Crippen molar-refractivity contribution in [3.05, 3.63) is 29.8 Å². The number of ether oxygens (including phenoxy) is 1. The van der Waals surface area contributed by atoms with Gasteiger partial charge in [0.25, 0.3) is 0 Å².